The van der Waals surface area contributed by atoms with Gasteiger partial charge in [0.15, 0.2) is 0 Å². The largest absolute Gasteiger partial charge is 0.346 e. The number of rotatable bonds is 8. The van der Waals surface area contributed by atoms with Crippen LogP contribution in [0.15, 0.2) is 49.2 Å². The molecule has 1 aliphatic carbocycles. The number of hydrogen-bond donors (Lipinski definition) is 1. The number of halogens is 2. The average molecular weight is 590 g/mol. The smallest absolute Gasteiger partial charge is 0.263 e. The Kier molecular flexibility index (Phi) is 8.57. The molecule has 4 aromatic rings. The van der Waals surface area contributed by atoms with E-state index < -0.39 is 12.0 Å². The number of aromatic amines is 1. The molecule has 2 fully saturated rings. The van der Waals surface area contributed by atoms with E-state index in [0.717, 1.165) is 35.1 Å². The third-order valence-corrected chi connectivity index (χ3v) is 8.47. The molecule has 0 bridgehead atoms. The van der Waals surface area contributed by atoms with Gasteiger partial charge in [-0.05, 0) is 56.8 Å². The van der Waals surface area contributed by atoms with Gasteiger partial charge in [0, 0.05) is 73.2 Å². The Hall–Kier alpha value is -4.21. The SMILES string of the molecule is C.CN(C)Cc1cc(C(=O)N2CCN(C3CC(CC#N)(n4cc(-c5ncnc6[nH]ccc56)cn4)C3)CC2)cc(C(F)F)c1. The fourth-order valence-corrected chi connectivity index (χ4v) is 6.34. The van der Waals surface area contributed by atoms with Gasteiger partial charge in [0.05, 0.1) is 29.9 Å². The lowest BCUT2D eigenvalue weighted by molar-refractivity contribution is -0.0158. The van der Waals surface area contributed by atoms with Crippen LogP contribution >= 0.6 is 0 Å². The van der Waals surface area contributed by atoms with Crippen LogP contribution in [0.5, 0.6) is 0 Å². The van der Waals surface area contributed by atoms with Gasteiger partial charge in [0.2, 0.25) is 0 Å². The van der Waals surface area contributed by atoms with Gasteiger partial charge >= 0.3 is 0 Å². The summed E-state index contributed by atoms with van der Waals surface area (Å²) in [7, 11) is 3.73. The van der Waals surface area contributed by atoms with Crippen LogP contribution in [0.1, 0.15) is 54.6 Å². The molecule has 1 saturated carbocycles. The number of hydrogen-bond acceptors (Lipinski definition) is 7. The normalized spacial score (nSPS) is 20.7. The number of aromatic nitrogens is 5. The maximum atomic E-state index is 13.6. The van der Waals surface area contributed by atoms with Crippen molar-refractivity contribution in [2.24, 2.45) is 0 Å². The lowest BCUT2D eigenvalue weighted by Crippen LogP contribution is -2.60. The topological polar surface area (TPSA) is 110 Å². The highest BCUT2D eigenvalue weighted by atomic mass is 19.3. The molecule has 1 saturated heterocycles. The van der Waals surface area contributed by atoms with E-state index in [1.807, 2.05) is 42.1 Å². The highest BCUT2D eigenvalue weighted by molar-refractivity contribution is 5.94. The molecule has 1 N–H and O–H groups in total. The molecule has 2 aliphatic rings. The van der Waals surface area contributed by atoms with Crippen molar-refractivity contribution in [2.75, 3.05) is 40.3 Å². The Morgan fingerprint density at radius 2 is 1.95 bits per heavy atom. The predicted molar refractivity (Wildman–Crippen MR) is 159 cm³/mol. The minimum absolute atomic E-state index is 0. The van der Waals surface area contributed by atoms with E-state index in [-0.39, 0.29) is 24.9 Å². The molecule has 1 aromatic carbocycles. The lowest BCUT2D eigenvalue weighted by Gasteiger charge is -2.52. The van der Waals surface area contributed by atoms with Gasteiger partial charge in [-0.15, -0.1) is 0 Å². The van der Waals surface area contributed by atoms with Crippen molar-refractivity contribution < 1.29 is 13.6 Å². The van der Waals surface area contributed by atoms with Gasteiger partial charge < -0.3 is 14.8 Å². The summed E-state index contributed by atoms with van der Waals surface area (Å²) in [5, 5.41) is 15.2. The summed E-state index contributed by atoms with van der Waals surface area (Å²) in [6.07, 6.45) is 6.39. The van der Waals surface area contributed by atoms with Crippen LogP contribution in [0.2, 0.25) is 0 Å². The van der Waals surface area contributed by atoms with Crippen LogP contribution in [-0.2, 0) is 12.1 Å². The number of nitrogens with one attached hydrogen (secondary N) is 1. The molecule has 226 valence electrons. The molecule has 0 atom stereocenters. The van der Waals surface area contributed by atoms with E-state index in [9.17, 15) is 18.8 Å². The van der Waals surface area contributed by atoms with E-state index in [1.165, 1.54) is 18.5 Å². The van der Waals surface area contributed by atoms with Crippen LogP contribution < -0.4 is 0 Å². The predicted octanol–water partition coefficient (Wildman–Crippen LogP) is 4.69. The molecule has 12 heteroatoms. The quantitative estimate of drug-likeness (QED) is 0.318. The van der Waals surface area contributed by atoms with Crippen LogP contribution in [0, 0.1) is 11.3 Å². The van der Waals surface area contributed by atoms with Gasteiger partial charge in [-0.2, -0.15) is 10.4 Å². The summed E-state index contributed by atoms with van der Waals surface area (Å²) >= 11 is 0. The van der Waals surface area contributed by atoms with Crippen molar-refractivity contribution in [3.63, 3.8) is 0 Å². The highest BCUT2D eigenvalue weighted by Crippen LogP contribution is 2.45. The van der Waals surface area contributed by atoms with E-state index in [2.05, 4.69) is 31.0 Å². The number of alkyl halides is 2. The summed E-state index contributed by atoms with van der Waals surface area (Å²) < 4.78 is 29.0. The Bertz CT molecular complexity index is 1630. The standard InChI is InChI=1S/C30H33F2N9O.CH4/c1-38(2)17-20-11-21(27(31)32)13-22(12-20)29(42)40-9-7-39(8-10-40)24-14-30(15-24,4-5-33)41-18-23(16-37-41)26-25-3-6-34-28(25)36-19-35-26;/h3,6,11-13,16,18-19,24,27H,4,7-10,14-15,17H2,1-2H3,(H,34,35,36);1H4. The van der Waals surface area contributed by atoms with Crippen molar-refractivity contribution in [1.29, 1.82) is 5.26 Å². The number of nitriles is 1. The fourth-order valence-electron chi connectivity index (χ4n) is 6.34. The maximum Gasteiger partial charge on any atom is 0.263 e. The van der Waals surface area contributed by atoms with Crippen molar-refractivity contribution in [1.82, 2.24) is 39.4 Å². The maximum absolute atomic E-state index is 13.6. The molecule has 0 spiro atoms. The van der Waals surface area contributed by atoms with Gasteiger partial charge in [-0.25, -0.2) is 18.7 Å². The Morgan fingerprint density at radius 1 is 1.19 bits per heavy atom. The summed E-state index contributed by atoms with van der Waals surface area (Å²) in [5.41, 5.74) is 2.92. The molecule has 0 unspecified atom stereocenters. The Labute approximate surface area is 249 Å². The second-order valence-corrected chi connectivity index (χ2v) is 11.6. The Balaban J connectivity index is 0.00000368. The molecule has 43 heavy (non-hydrogen) atoms. The zero-order valence-corrected chi connectivity index (χ0v) is 23.7. The van der Waals surface area contributed by atoms with Crippen LogP contribution in [0.3, 0.4) is 0 Å². The van der Waals surface area contributed by atoms with E-state index in [4.69, 9.17) is 0 Å². The molecule has 3 aromatic heterocycles. The minimum Gasteiger partial charge on any atom is -0.346 e. The molecule has 4 heterocycles. The van der Waals surface area contributed by atoms with Crippen molar-refractivity contribution in [3.05, 3.63) is 65.9 Å². The first kappa shape index (κ1) is 30.3. The fraction of sp³-hybridized carbons (Fsp3) is 0.452. The van der Waals surface area contributed by atoms with Crippen LogP contribution in [0.25, 0.3) is 22.3 Å². The second kappa shape index (κ2) is 12.2. The van der Waals surface area contributed by atoms with E-state index in [0.29, 0.717) is 50.3 Å². The zero-order chi connectivity index (χ0) is 29.4. The minimum atomic E-state index is -2.63. The highest BCUT2D eigenvalue weighted by Gasteiger charge is 2.49. The summed E-state index contributed by atoms with van der Waals surface area (Å²) in [4.78, 5) is 31.2. The molecular weight excluding hydrogens is 552 g/mol. The summed E-state index contributed by atoms with van der Waals surface area (Å²) in [6, 6.07) is 9.09. The molecule has 0 radical (unpaired) electrons. The van der Waals surface area contributed by atoms with Gasteiger partial charge in [0.1, 0.15) is 12.0 Å². The monoisotopic (exact) mass is 589 g/mol. The third kappa shape index (κ3) is 5.87. The number of amides is 1. The average Bonchev–Trinajstić information content (AvgIpc) is 3.64. The first-order valence-corrected chi connectivity index (χ1v) is 14.1. The number of fused-ring (bicyclic) bond motifs is 1. The van der Waals surface area contributed by atoms with Gasteiger partial charge in [-0.1, -0.05) is 7.43 Å². The molecule has 6 rings (SSSR count). The molecule has 1 aliphatic heterocycles. The number of carbonyl (C=O) groups excluding carboxylic acids is 1. The van der Waals surface area contributed by atoms with Crippen LogP contribution in [0.4, 0.5) is 8.78 Å². The lowest BCUT2D eigenvalue weighted by atomic mass is 9.70. The molecular formula is C31H37F2N9O. The second-order valence-electron chi connectivity index (χ2n) is 11.6. The van der Waals surface area contributed by atoms with Gasteiger partial charge in [-0.3, -0.25) is 14.4 Å². The van der Waals surface area contributed by atoms with Crippen molar-refractivity contribution in [2.45, 2.75) is 51.2 Å². The number of piperazine rings is 1. The van der Waals surface area contributed by atoms with E-state index in [1.54, 1.807) is 17.2 Å². The third-order valence-electron chi connectivity index (χ3n) is 8.47. The van der Waals surface area contributed by atoms with Crippen LogP contribution in [-0.4, -0.2) is 91.7 Å². The summed E-state index contributed by atoms with van der Waals surface area (Å²) in [6.45, 7) is 2.90. The van der Waals surface area contributed by atoms with Gasteiger partial charge in [0.25, 0.3) is 12.3 Å². The van der Waals surface area contributed by atoms with Crippen molar-refractivity contribution >= 4 is 16.9 Å². The first-order valence-electron chi connectivity index (χ1n) is 14.1. The van der Waals surface area contributed by atoms with Crippen molar-refractivity contribution in [3.8, 4) is 17.3 Å². The first-order chi connectivity index (χ1) is 20.3. The summed E-state index contributed by atoms with van der Waals surface area (Å²) in [5.74, 6) is -0.213. The Morgan fingerprint density at radius 3 is 2.65 bits per heavy atom. The number of carbonyl (C=O) groups is 1. The van der Waals surface area contributed by atoms with E-state index >= 15 is 0 Å². The zero-order valence-electron chi connectivity index (χ0n) is 23.7. The number of nitrogens with zero attached hydrogens (tertiary/aromatic N) is 8. The molecule has 1 amide bonds. The molecule has 10 nitrogen and oxygen atoms in total. The number of H-pyrrole nitrogens is 1. The number of benzene rings is 1.